The largest absolute Gasteiger partial charge is 0.573 e. The molecule has 1 heterocycles. The van der Waals surface area contributed by atoms with Crippen molar-refractivity contribution in [3.63, 3.8) is 0 Å². The zero-order valence-electron chi connectivity index (χ0n) is 15.2. The normalized spacial score (nSPS) is 17.3. The number of para-hydroxylation sites is 1. The fourth-order valence-corrected chi connectivity index (χ4v) is 2.77. The van der Waals surface area contributed by atoms with Gasteiger partial charge in [-0.3, -0.25) is 9.79 Å². The highest BCUT2D eigenvalue weighted by atomic mass is 127. The van der Waals surface area contributed by atoms with Gasteiger partial charge >= 0.3 is 6.36 Å². The highest BCUT2D eigenvalue weighted by Crippen LogP contribution is 2.26. The zero-order valence-corrected chi connectivity index (χ0v) is 17.5. The van der Waals surface area contributed by atoms with E-state index in [0.717, 1.165) is 6.42 Å². The maximum atomic E-state index is 12.5. The molecule has 1 aliphatic rings. The Bertz CT molecular complexity index is 655. The number of likely N-dealkylation sites (tertiary alicyclic amines) is 1. The van der Waals surface area contributed by atoms with E-state index in [1.54, 1.807) is 24.1 Å². The molecule has 0 spiro atoms. The molecule has 1 aromatic rings. The topological polar surface area (TPSA) is 66.0 Å². The lowest BCUT2D eigenvalue weighted by atomic mass is 10.2. The number of guanidine groups is 1. The Balaban J connectivity index is 0.00000364. The number of nitrogens with zero attached hydrogens (tertiary/aromatic N) is 2. The summed E-state index contributed by atoms with van der Waals surface area (Å²) in [5.41, 5.74) is 0.363. The van der Waals surface area contributed by atoms with Gasteiger partial charge < -0.3 is 20.3 Å². The maximum absolute atomic E-state index is 12.5. The predicted molar refractivity (Wildman–Crippen MR) is 107 cm³/mol. The third kappa shape index (κ3) is 7.43. The molecule has 1 amide bonds. The molecule has 1 saturated heterocycles. The number of rotatable bonds is 5. The fraction of sp³-hybridized carbons (Fsp3) is 0.529. The van der Waals surface area contributed by atoms with Gasteiger partial charge in [0.05, 0.1) is 0 Å². The van der Waals surface area contributed by atoms with Crippen molar-refractivity contribution in [1.82, 2.24) is 15.5 Å². The van der Waals surface area contributed by atoms with Crippen molar-refractivity contribution in [3.8, 4) is 5.75 Å². The van der Waals surface area contributed by atoms with E-state index < -0.39 is 6.36 Å². The number of nitrogens with one attached hydrogen (secondary N) is 2. The minimum Gasteiger partial charge on any atom is -0.405 e. The number of alkyl halides is 3. The second kappa shape index (κ2) is 10.6. The van der Waals surface area contributed by atoms with Gasteiger partial charge in [0.25, 0.3) is 0 Å². The van der Waals surface area contributed by atoms with E-state index in [1.165, 1.54) is 12.1 Å². The molecule has 1 unspecified atom stereocenters. The summed E-state index contributed by atoms with van der Waals surface area (Å²) in [5, 5.41) is 6.18. The first-order valence-electron chi connectivity index (χ1n) is 8.41. The van der Waals surface area contributed by atoms with Crippen LogP contribution in [0.2, 0.25) is 0 Å². The Kier molecular flexibility index (Phi) is 9.13. The summed E-state index contributed by atoms with van der Waals surface area (Å²) in [6, 6.07) is 6.00. The minimum absolute atomic E-state index is 0. The Morgan fingerprint density at radius 1 is 1.37 bits per heavy atom. The second-order valence-electron chi connectivity index (χ2n) is 5.90. The molecule has 1 aliphatic heterocycles. The van der Waals surface area contributed by atoms with Crippen LogP contribution in [0.1, 0.15) is 25.3 Å². The number of benzene rings is 1. The first-order valence-corrected chi connectivity index (χ1v) is 8.41. The quantitative estimate of drug-likeness (QED) is 0.371. The SMILES string of the molecule is CCC(=O)N1CCC(NC(=NC)NCc2ccccc2OC(F)(F)F)C1.I. The molecule has 10 heteroatoms. The van der Waals surface area contributed by atoms with Crippen LogP contribution in [0.4, 0.5) is 13.2 Å². The molecule has 0 aliphatic carbocycles. The Labute approximate surface area is 173 Å². The number of ether oxygens (including phenoxy) is 1. The maximum Gasteiger partial charge on any atom is 0.573 e. The molecule has 0 saturated carbocycles. The average Bonchev–Trinajstić information content (AvgIpc) is 3.06. The van der Waals surface area contributed by atoms with Crippen molar-refractivity contribution in [2.24, 2.45) is 4.99 Å². The van der Waals surface area contributed by atoms with Crippen LogP contribution in [0.25, 0.3) is 0 Å². The molecule has 1 fully saturated rings. The van der Waals surface area contributed by atoms with E-state index in [4.69, 9.17) is 0 Å². The lowest BCUT2D eigenvalue weighted by Crippen LogP contribution is -2.44. The van der Waals surface area contributed by atoms with Gasteiger partial charge in [-0.25, -0.2) is 0 Å². The summed E-state index contributed by atoms with van der Waals surface area (Å²) < 4.78 is 41.5. The van der Waals surface area contributed by atoms with Crippen LogP contribution in [0, 0.1) is 0 Å². The molecule has 152 valence electrons. The van der Waals surface area contributed by atoms with Gasteiger partial charge in [0.2, 0.25) is 5.91 Å². The second-order valence-corrected chi connectivity index (χ2v) is 5.90. The Hall–Kier alpha value is -1.72. The Morgan fingerprint density at radius 2 is 2.07 bits per heavy atom. The third-order valence-corrected chi connectivity index (χ3v) is 4.05. The lowest BCUT2D eigenvalue weighted by Gasteiger charge is -2.19. The van der Waals surface area contributed by atoms with Gasteiger partial charge in [-0.1, -0.05) is 25.1 Å². The van der Waals surface area contributed by atoms with Crippen LogP contribution >= 0.6 is 24.0 Å². The smallest absolute Gasteiger partial charge is 0.405 e. The summed E-state index contributed by atoms with van der Waals surface area (Å²) in [6.45, 7) is 3.21. The summed E-state index contributed by atoms with van der Waals surface area (Å²) in [4.78, 5) is 17.6. The zero-order chi connectivity index (χ0) is 19.2. The predicted octanol–water partition coefficient (Wildman–Crippen LogP) is 2.88. The van der Waals surface area contributed by atoms with Crippen LogP contribution in [-0.4, -0.2) is 49.3 Å². The van der Waals surface area contributed by atoms with E-state index in [1.807, 2.05) is 6.92 Å². The molecule has 2 rings (SSSR count). The van der Waals surface area contributed by atoms with Crippen molar-refractivity contribution in [3.05, 3.63) is 29.8 Å². The number of amides is 1. The molecule has 0 aromatic heterocycles. The average molecular weight is 500 g/mol. The van der Waals surface area contributed by atoms with Gasteiger partial charge in [-0.15, -0.1) is 37.1 Å². The van der Waals surface area contributed by atoms with Gasteiger partial charge in [0.1, 0.15) is 5.75 Å². The van der Waals surface area contributed by atoms with Gasteiger partial charge in [0, 0.05) is 44.7 Å². The molecule has 1 atom stereocenters. The van der Waals surface area contributed by atoms with Crippen LogP contribution < -0.4 is 15.4 Å². The monoisotopic (exact) mass is 500 g/mol. The van der Waals surface area contributed by atoms with Crippen LogP contribution in [-0.2, 0) is 11.3 Å². The summed E-state index contributed by atoms with van der Waals surface area (Å²) in [7, 11) is 1.58. The summed E-state index contributed by atoms with van der Waals surface area (Å²) in [5.74, 6) is 0.321. The molecule has 0 radical (unpaired) electrons. The van der Waals surface area contributed by atoms with Crippen LogP contribution in [0.5, 0.6) is 5.75 Å². The highest BCUT2D eigenvalue weighted by molar-refractivity contribution is 14.0. The van der Waals surface area contributed by atoms with Crippen LogP contribution in [0.3, 0.4) is 0 Å². The highest BCUT2D eigenvalue weighted by Gasteiger charge is 2.32. The van der Waals surface area contributed by atoms with Gasteiger partial charge in [0.15, 0.2) is 5.96 Å². The summed E-state index contributed by atoms with van der Waals surface area (Å²) in [6.07, 6.45) is -3.48. The van der Waals surface area contributed by atoms with E-state index in [0.29, 0.717) is 31.0 Å². The van der Waals surface area contributed by atoms with Crippen molar-refractivity contribution in [1.29, 1.82) is 0 Å². The number of hydrogen-bond acceptors (Lipinski definition) is 3. The van der Waals surface area contributed by atoms with Crippen molar-refractivity contribution < 1.29 is 22.7 Å². The number of carbonyl (C=O) groups excluding carboxylic acids is 1. The third-order valence-electron chi connectivity index (χ3n) is 4.05. The molecule has 0 bridgehead atoms. The van der Waals surface area contributed by atoms with E-state index in [9.17, 15) is 18.0 Å². The Morgan fingerprint density at radius 3 is 2.70 bits per heavy atom. The molecular formula is C17H24F3IN4O2. The first kappa shape index (κ1) is 23.3. The summed E-state index contributed by atoms with van der Waals surface area (Å²) >= 11 is 0. The molecule has 1 aromatic carbocycles. The number of hydrogen-bond donors (Lipinski definition) is 2. The van der Waals surface area contributed by atoms with Crippen molar-refractivity contribution in [2.45, 2.75) is 38.7 Å². The van der Waals surface area contributed by atoms with Gasteiger partial charge in [-0.2, -0.15) is 0 Å². The molecule has 2 N–H and O–H groups in total. The standard InChI is InChI=1S/C17H23F3N4O2.HI/c1-3-15(25)24-9-8-13(11-24)23-16(21-2)22-10-12-6-4-5-7-14(12)26-17(18,19)20;/h4-7,13H,3,8-11H2,1-2H3,(H2,21,22,23);1H. The minimum atomic E-state index is -4.74. The lowest BCUT2D eigenvalue weighted by molar-refractivity contribution is -0.274. The van der Waals surface area contributed by atoms with E-state index in [2.05, 4.69) is 20.4 Å². The first-order chi connectivity index (χ1) is 12.3. The van der Waals surface area contributed by atoms with E-state index in [-0.39, 0.29) is 48.2 Å². The number of carbonyl (C=O) groups is 1. The molecule has 6 nitrogen and oxygen atoms in total. The molecule has 27 heavy (non-hydrogen) atoms. The van der Waals surface area contributed by atoms with Crippen molar-refractivity contribution >= 4 is 35.8 Å². The van der Waals surface area contributed by atoms with Gasteiger partial charge in [-0.05, 0) is 12.5 Å². The molecular weight excluding hydrogens is 476 g/mol. The number of aliphatic imine (C=N–C) groups is 1. The van der Waals surface area contributed by atoms with E-state index >= 15 is 0 Å². The number of halogens is 4. The fourth-order valence-electron chi connectivity index (χ4n) is 2.77. The van der Waals surface area contributed by atoms with Crippen molar-refractivity contribution in [2.75, 3.05) is 20.1 Å². The van der Waals surface area contributed by atoms with Crippen LogP contribution in [0.15, 0.2) is 29.3 Å².